The molecule has 4 atom stereocenters. The van der Waals surface area contributed by atoms with Crippen molar-refractivity contribution >= 4 is 11.7 Å². The molecule has 1 saturated heterocycles. The van der Waals surface area contributed by atoms with Gasteiger partial charge in [-0.1, -0.05) is 20.8 Å². The van der Waals surface area contributed by atoms with E-state index in [4.69, 9.17) is 9.47 Å². The third-order valence-electron chi connectivity index (χ3n) is 4.03. The summed E-state index contributed by atoms with van der Waals surface area (Å²) in [7, 11) is 1.53. The highest BCUT2D eigenvalue weighted by Gasteiger charge is 2.43. The summed E-state index contributed by atoms with van der Waals surface area (Å²) in [5.41, 5.74) is -0.551. The maximum Gasteiger partial charge on any atom is 0.351 e. The van der Waals surface area contributed by atoms with Crippen molar-refractivity contribution in [1.82, 2.24) is 9.55 Å². The quantitative estimate of drug-likeness (QED) is 0.811. The zero-order valence-corrected chi connectivity index (χ0v) is 13.7. The van der Waals surface area contributed by atoms with E-state index < -0.39 is 18.0 Å². The van der Waals surface area contributed by atoms with Crippen molar-refractivity contribution in [1.29, 1.82) is 0 Å². The number of hydrogen-bond acceptors (Lipinski definition) is 6. The first-order chi connectivity index (χ1) is 10.9. The van der Waals surface area contributed by atoms with E-state index in [1.54, 1.807) is 13.8 Å². The fourth-order valence-electron chi connectivity index (χ4n) is 2.56. The molecule has 1 aromatic heterocycles. The van der Waals surface area contributed by atoms with Gasteiger partial charge in [0.1, 0.15) is 11.9 Å². The zero-order chi connectivity index (χ0) is 17.1. The molecule has 1 amide bonds. The maximum absolute atomic E-state index is 12.2. The minimum atomic E-state index is -0.665. The fourth-order valence-corrected chi connectivity index (χ4v) is 2.56. The molecule has 1 unspecified atom stereocenters. The van der Waals surface area contributed by atoms with Gasteiger partial charge in [0.2, 0.25) is 5.91 Å². The van der Waals surface area contributed by atoms with Gasteiger partial charge in [-0.05, 0) is 6.07 Å². The molecule has 2 heterocycles. The maximum atomic E-state index is 12.2. The second-order valence-corrected chi connectivity index (χ2v) is 5.95. The summed E-state index contributed by atoms with van der Waals surface area (Å²) in [4.78, 5) is 27.8. The van der Waals surface area contributed by atoms with E-state index in [2.05, 4.69) is 10.3 Å². The first kappa shape index (κ1) is 17.6. The van der Waals surface area contributed by atoms with Gasteiger partial charge in [-0.25, -0.2) is 4.79 Å². The Morgan fingerprint density at radius 3 is 2.78 bits per heavy atom. The van der Waals surface area contributed by atoms with Crippen LogP contribution in [0, 0.1) is 11.8 Å². The fraction of sp³-hybridized carbons (Fsp3) is 0.667. The molecule has 0 spiro atoms. The third-order valence-corrected chi connectivity index (χ3v) is 4.03. The Hall–Kier alpha value is -1.77. The van der Waals surface area contributed by atoms with Crippen molar-refractivity contribution in [2.24, 2.45) is 11.8 Å². The number of nitrogens with zero attached hydrogens (tertiary/aromatic N) is 2. The number of nitrogens with one attached hydrogen (secondary N) is 1. The lowest BCUT2D eigenvalue weighted by atomic mass is 10.0. The van der Waals surface area contributed by atoms with Gasteiger partial charge in [0.25, 0.3) is 0 Å². The Morgan fingerprint density at radius 2 is 2.26 bits per heavy atom. The van der Waals surface area contributed by atoms with Crippen molar-refractivity contribution in [2.45, 2.75) is 39.2 Å². The van der Waals surface area contributed by atoms with E-state index in [0.29, 0.717) is 0 Å². The minimum Gasteiger partial charge on any atom is -0.394 e. The highest BCUT2D eigenvalue weighted by molar-refractivity contribution is 5.90. The number of aliphatic hydroxyl groups is 1. The van der Waals surface area contributed by atoms with Crippen LogP contribution in [-0.4, -0.2) is 46.5 Å². The molecule has 2 rings (SSSR count). The van der Waals surface area contributed by atoms with Gasteiger partial charge < -0.3 is 19.9 Å². The second kappa shape index (κ2) is 7.20. The number of hydrogen-bond donors (Lipinski definition) is 2. The van der Waals surface area contributed by atoms with Gasteiger partial charge in [0.15, 0.2) is 6.23 Å². The summed E-state index contributed by atoms with van der Waals surface area (Å²) in [5, 5.41) is 11.9. The minimum absolute atomic E-state index is 0.0674. The summed E-state index contributed by atoms with van der Waals surface area (Å²) >= 11 is 0. The summed E-state index contributed by atoms with van der Waals surface area (Å²) < 4.78 is 12.4. The molecule has 0 radical (unpaired) electrons. The van der Waals surface area contributed by atoms with Gasteiger partial charge in [0, 0.05) is 25.1 Å². The van der Waals surface area contributed by atoms with Gasteiger partial charge >= 0.3 is 5.69 Å². The summed E-state index contributed by atoms with van der Waals surface area (Å²) in [6.45, 7) is 5.25. The van der Waals surface area contributed by atoms with Crippen LogP contribution in [0.3, 0.4) is 0 Å². The molecule has 1 aliphatic heterocycles. The van der Waals surface area contributed by atoms with Crippen molar-refractivity contribution in [3.05, 3.63) is 22.7 Å². The van der Waals surface area contributed by atoms with Crippen LogP contribution in [0.1, 0.15) is 27.0 Å². The second-order valence-electron chi connectivity index (χ2n) is 5.95. The number of methoxy groups -OCH3 is 1. The number of rotatable bonds is 5. The smallest absolute Gasteiger partial charge is 0.351 e. The highest BCUT2D eigenvalue weighted by atomic mass is 16.6. The van der Waals surface area contributed by atoms with Gasteiger partial charge in [0.05, 0.1) is 12.7 Å². The SMILES string of the molecule is CO[C@H]1C(C)[C@@H](CO)O[C@H]1n1ccc(NC(=O)C(C)C)nc1=O. The third kappa shape index (κ3) is 3.60. The molecule has 1 aliphatic rings. The van der Waals surface area contributed by atoms with Gasteiger partial charge in [-0.15, -0.1) is 0 Å². The van der Waals surface area contributed by atoms with E-state index in [1.165, 1.54) is 23.9 Å². The summed E-state index contributed by atoms with van der Waals surface area (Å²) in [6, 6.07) is 1.54. The number of aromatic nitrogens is 2. The Bertz CT molecular complexity index is 615. The molecule has 23 heavy (non-hydrogen) atoms. The molecule has 2 N–H and O–H groups in total. The topological polar surface area (TPSA) is 103 Å². The van der Waals surface area contributed by atoms with Crippen LogP contribution in [0.5, 0.6) is 0 Å². The lowest BCUT2D eigenvalue weighted by Crippen LogP contribution is -2.34. The number of ether oxygens (including phenoxy) is 2. The predicted molar refractivity (Wildman–Crippen MR) is 82.9 cm³/mol. The molecule has 0 bridgehead atoms. The normalized spacial score (nSPS) is 27.4. The predicted octanol–water partition coefficient (Wildman–Crippen LogP) is 0.379. The van der Waals surface area contributed by atoms with Crippen LogP contribution >= 0.6 is 0 Å². The average molecular weight is 325 g/mol. The van der Waals surface area contributed by atoms with Crippen molar-refractivity contribution in [3.8, 4) is 0 Å². The standard InChI is InChI=1S/C15H23N3O5/c1-8(2)13(20)16-11-5-6-18(15(21)17-11)14-12(22-4)9(3)10(7-19)23-14/h5-6,8-10,12,14,19H,7H2,1-4H3,(H,16,17,20,21)/t9?,10-,12+,14-/m1/s1. The molecule has 0 aromatic carbocycles. The molecule has 1 aromatic rings. The van der Waals surface area contributed by atoms with Gasteiger partial charge in [-0.3, -0.25) is 9.36 Å². The number of anilines is 1. The molecule has 8 nitrogen and oxygen atoms in total. The Kier molecular flexibility index (Phi) is 5.51. The number of amides is 1. The molecule has 8 heteroatoms. The molecule has 0 saturated carbocycles. The largest absolute Gasteiger partial charge is 0.394 e. The van der Waals surface area contributed by atoms with E-state index in [-0.39, 0.29) is 36.3 Å². The zero-order valence-electron chi connectivity index (χ0n) is 13.7. The Labute approximate surface area is 134 Å². The summed E-state index contributed by atoms with van der Waals surface area (Å²) in [6.07, 6.45) is 0.0657. The number of carbonyl (C=O) groups is 1. The molecular weight excluding hydrogens is 302 g/mol. The molecule has 128 valence electrons. The van der Waals surface area contributed by atoms with E-state index >= 15 is 0 Å². The lowest BCUT2D eigenvalue weighted by Gasteiger charge is -2.21. The average Bonchev–Trinajstić information content (AvgIpc) is 2.83. The Morgan fingerprint density at radius 1 is 1.57 bits per heavy atom. The van der Waals surface area contributed by atoms with Crippen LogP contribution < -0.4 is 11.0 Å². The molecule has 1 fully saturated rings. The van der Waals surface area contributed by atoms with E-state index in [1.807, 2.05) is 6.92 Å². The number of aliphatic hydroxyl groups excluding tert-OH is 1. The van der Waals surface area contributed by atoms with Gasteiger partial charge in [-0.2, -0.15) is 4.98 Å². The first-order valence-corrected chi connectivity index (χ1v) is 7.58. The van der Waals surface area contributed by atoms with Crippen molar-refractivity contribution in [3.63, 3.8) is 0 Å². The van der Waals surface area contributed by atoms with Crippen LogP contribution in [0.2, 0.25) is 0 Å². The Balaban J connectivity index is 2.24. The first-order valence-electron chi connectivity index (χ1n) is 7.58. The van der Waals surface area contributed by atoms with Crippen molar-refractivity contribution in [2.75, 3.05) is 19.0 Å². The monoisotopic (exact) mass is 325 g/mol. The number of carbonyl (C=O) groups excluding carboxylic acids is 1. The highest BCUT2D eigenvalue weighted by Crippen LogP contribution is 2.34. The lowest BCUT2D eigenvalue weighted by molar-refractivity contribution is -0.118. The van der Waals surface area contributed by atoms with Crippen LogP contribution in [-0.2, 0) is 14.3 Å². The molecular formula is C15H23N3O5. The molecule has 0 aliphatic carbocycles. The summed E-state index contributed by atoms with van der Waals surface area (Å²) in [5.74, 6) is -0.289. The van der Waals surface area contributed by atoms with Crippen LogP contribution in [0.25, 0.3) is 0 Å². The van der Waals surface area contributed by atoms with Crippen LogP contribution in [0.4, 0.5) is 5.82 Å². The van der Waals surface area contributed by atoms with E-state index in [0.717, 1.165) is 0 Å². The van der Waals surface area contributed by atoms with Crippen molar-refractivity contribution < 1.29 is 19.4 Å². The van der Waals surface area contributed by atoms with E-state index in [9.17, 15) is 14.7 Å². The van der Waals surface area contributed by atoms with Crippen LogP contribution in [0.15, 0.2) is 17.1 Å².